The van der Waals surface area contributed by atoms with Crippen LogP contribution in [0.25, 0.3) is 11.1 Å². The number of amides is 1. The van der Waals surface area contributed by atoms with Crippen LogP contribution in [0.2, 0.25) is 0 Å². The van der Waals surface area contributed by atoms with Crippen LogP contribution in [0, 0.1) is 11.7 Å². The lowest BCUT2D eigenvalue weighted by Gasteiger charge is -2.31. The maximum Gasteiger partial charge on any atom is 0.311 e. The molecule has 0 radical (unpaired) electrons. The average molecular weight is 458 g/mol. The zero-order valence-electron chi connectivity index (χ0n) is 18.6. The molecule has 1 heterocycles. The Labute approximate surface area is 197 Å². The van der Waals surface area contributed by atoms with Crippen molar-refractivity contribution >= 4 is 17.7 Å². The Morgan fingerprint density at radius 1 is 0.912 bits per heavy atom. The highest BCUT2D eigenvalue weighted by Crippen LogP contribution is 2.36. The Hall–Kier alpha value is -3.80. The number of piperidine rings is 1. The third kappa shape index (κ3) is 4.36. The van der Waals surface area contributed by atoms with Gasteiger partial charge in [-0.15, -0.1) is 0 Å². The van der Waals surface area contributed by atoms with Crippen LogP contribution in [-0.2, 0) is 16.0 Å². The van der Waals surface area contributed by atoms with Gasteiger partial charge in [-0.2, -0.15) is 0 Å². The fourth-order valence-electron chi connectivity index (χ4n) is 4.76. The van der Waals surface area contributed by atoms with E-state index in [0.29, 0.717) is 30.5 Å². The SMILES string of the molecule is O=C(COC(=O)C1CCCN(C(=O)c2ccc(F)cc2)C1)c1ccc2c(c1)-c1ccccc1C2. The van der Waals surface area contributed by atoms with Crippen molar-refractivity contribution in [2.75, 3.05) is 19.7 Å². The van der Waals surface area contributed by atoms with E-state index in [1.54, 1.807) is 11.0 Å². The molecule has 1 saturated heterocycles. The first-order valence-electron chi connectivity index (χ1n) is 11.5. The quantitative estimate of drug-likeness (QED) is 0.323. The number of carbonyl (C=O) groups is 3. The second-order valence-corrected chi connectivity index (χ2v) is 8.83. The van der Waals surface area contributed by atoms with E-state index < -0.39 is 17.7 Å². The maximum absolute atomic E-state index is 13.1. The number of halogens is 1. The maximum atomic E-state index is 13.1. The van der Waals surface area contributed by atoms with Gasteiger partial charge < -0.3 is 9.64 Å². The number of hydrogen-bond donors (Lipinski definition) is 0. The molecule has 0 aromatic heterocycles. The summed E-state index contributed by atoms with van der Waals surface area (Å²) >= 11 is 0. The molecule has 1 unspecified atom stereocenters. The Kier molecular flexibility index (Phi) is 5.97. The van der Waals surface area contributed by atoms with Crippen LogP contribution in [0.15, 0.2) is 66.7 Å². The van der Waals surface area contributed by atoms with Gasteiger partial charge in [-0.1, -0.05) is 36.4 Å². The van der Waals surface area contributed by atoms with Crippen molar-refractivity contribution < 1.29 is 23.5 Å². The van der Waals surface area contributed by atoms with Crippen molar-refractivity contribution in [2.45, 2.75) is 19.3 Å². The van der Waals surface area contributed by atoms with Crippen molar-refractivity contribution in [3.8, 4) is 11.1 Å². The summed E-state index contributed by atoms with van der Waals surface area (Å²) < 4.78 is 18.5. The van der Waals surface area contributed by atoms with E-state index in [0.717, 1.165) is 17.5 Å². The molecule has 1 amide bonds. The van der Waals surface area contributed by atoms with Gasteiger partial charge in [0.1, 0.15) is 5.82 Å². The molecule has 2 aliphatic rings. The number of benzene rings is 3. The van der Waals surface area contributed by atoms with Crippen LogP contribution in [0.4, 0.5) is 4.39 Å². The van der Waals surface area contributed by atoms with Crippen molar-refractivity contribution in [3.63, 3.8) is 0 Å². The molecule has 5 rings (SSSR count). The van der Waals surface area contributed by atoms with Crippen molar-refractivity contribution in [1.29, 1.82) is 0 Å². The Morgan fingerprint density at radius 3 is 2.47 bits per heavy atom. The minimum atomic E-state index is -0.488. The molecule has 3 aromatic carbocycles. The van der Waals surface area contributed by atoms with Crippen molar-refractivity contribution in [3.05, 3.63) is 94.8 Å². The average Bonchev–Trinajstić information content (AvgIpc) is 3.25. The first kappa shape index (κ1) is 22.0. The van der Waals surface area contributed by atoms with Crippen LogP contribution in [0.1, 0.15) is 44.7 Å². The van der Waals surface area contributed by atoms with Gasteiger partial charge in [-0.25, -0.2) is 4.39 Å². The highest BCUT2D eigenvalue weighted by molar-refractivity contribution is 6.00. The monoisotopic (exact) mass is 457 g/mol. The highest BCUT2D eigenvalue weighted by atomic mass is 19.1. The van der Waals surface area contributed by atoms with E-state index >= 15 is 0 Å². The standard InChI is InChI=1S/C28H24FNO4/c29-23-11-9-18(10-12-23)27(32)30-13-3-5-22(16-30)28(33)34-17-26(31)21-8-7-20-14-19-4-1-2-6-24(19)25(20)15-21/h1-2,4,6-12,15,22H,3,5,13-14,16-17H2. The summed E-state index contributed by atoms with van der Waals surface area (Å²) in [4.78, 5) is 39.7. The van der Waals surface area contributed by atoms with Gasteiger partial charge in [-0.05, 0) is 71.8 Å². The minimum Gasteiger partial charge on any atom is -0.457 e. The fourth-order valence-corrected chi connectivity index (χ4v) is 4.76. The molecule has 1 atom stereocenters. The normalized spacial score (nSPS) is 16.5. The van der Waals surface area contributed by atoms with E-state index in [4.69, 9.17) is 4.74 Å². The molecule has 3 aromatic rings. The van der Waals surface area contributed by atoms with E-state index in [9.17, 15) is 18.8 Å². The largest absolute Gasteiger partial charge is 0.457 e. The summed E-state index contributed by atoms with van der Waals surface area (Å²) in [6, 6.07) is 19.1. The molecule has 0 bridgehead atoms. The van der Waals surface area contributed by atoms with E-state index in [-0.39, 0.29) is 24.8 Å². The third-order valence-electron chi connectivity index (χ3n) is 6.60. The Bertz CT molecular complexity index is 1270. The second kappa shape index (κ2) is 9.21. The predicted octanol–water partition coefficient (Wildman–Crippen LogP) is 4.68. The first-order chi connectivity index (χ1) is 16.5. The van der Waals surface area contributed by atoms with Gasteiger partial charge in [0.05, 0.1) is 5.92 Å². The smallest absolute Gasteiger partial charge is 0.311 e. The number of ketones is 1. The number of esters is 1. The molecule has 0 N–H and O–H groups in total. The molecule has 0 spiro atoms. The number of likely N-dealkylation sites (tertiary alicyclic amines) is 1. The summed E-state index contributed by atoms with van der Waals surface area (Å²) in [5.74, 6) is -1.87. The molecule has 172 valence electrons. The minimum absolute atomic E-state index is 0.221. The number of fused-ring (bicyclic) bond motifs is 3. The molecular formula is C28H24FNO4. The molecule has 5 nitrogen and oxygen atoms in total. The first-order valence-corrected chi connectivity index (χ1v) is 11.5. The predicted molar refractivity (Wildman–Crippen MR) is 125 cm³/mol. The zero-order chi connectivity index (χ0) is 23.7. The molecule has 1 fully saturated rings. The van der Waals surface area contributed by atoms with E-state index in [2.05, 4.69) is 12.1 Å². The van der Waals surface area contributed by atoms with Crippen LogP contribution < -0.4 is 0 Å². The third-order valence-corrected chi connectivity index (χ3v) is 6.60. The van der Waals surface area contributed by atoms with Crippen LogP contribution in [0.5, 0.6) is 0 Å². The van der Waals surface area contributed by atoms with Crippen molar-refractivity contribution in [2.24, 2.45) is 5.92 Å². The summed E-state index contributed by atoms with van der Waals surface area (Å²) in [7, 11) is 0. The molecule has 1 aliphatic carbocycles. The van der Waals surface area contributed by atoms with Crippen LogP contribution in [0.3, 0.4) is 0 Å². The Balaban J connectivity index is 1.20. The molecule has 6 heteroatoms. The molecule has 0 saturated carbocycles. The summed E-state index contributed by atoms with van der Waals surface area (Å²) in [5, 5.41) is 0. The van der Waals surface area contributed by atoms with Gasteiger partial charge >= 0.3 is 5.97 Å². The zero-order valence-corrected chi connectivity index (χ0v) is 18.6. The van der Waals surface area contributed by atoms with Crippen LogP contribution in [-0.4, -0.2) is 42.3 Å². The summed E-state index contributed by atoms with van der Waals surface area (Å²) in [6.07, 6.45) is 2.10. The lowest BCUT2D eigenvalue weighted by atomic mass is 9.97. The highest BCUT2D eigenvalue weighted by Gasteiger charge is 2.30. The van der Waals surface area contributed by atoms with Gasteiger partial charge in [-0.3, -0.25) is 14.4 Å². The molecule has 1 aliphatic heterocycles. The van der Waals surface area contributed by atoms with E-state index in [1.807, 2.05) is 24.3 Å². The number of nitrogens with zero attached hydrogens (tertiary/aromatic N) is 1. The molecular weight excluding hydrogens is 433 g/mol. The number of Topliss-reactive ketones (excluding diaryl/α,β-unsaturated/α-hetero) is 1. The lowest BCUT2D eigenvalue weighted by molar-refractivity contribution is -0.148. The van der Waals surface area contributed by atoms with Gasteiger partial charge in [0, 0.05) is 24.2 Å². The summed E-state index contributed by atoms with van der Waals surface area (Å²) in [5.41, 5.74) is 5.50. The number of ether oxygens (including phenoxy) is 1. The van der Waals surface area contributed by atoms with Crippen LogP contribution >= 0.6 is 0 Å². The van der Waals surface area contributed by atoms with Crippen molar-refractivity contribution in [1.82, 2.24) is 4.90 Å². The number of carbonyl (C=O) groups excluding carboxylic acids is 3. The lowest BCUT2D eigenvalue weighted by Crippen LogP contribution is -2.43. The Morgan fingerprint density at radius 2 is 1.65 bits per heavy atom. The fraction of sp³-hybridized carbons (Fsp3) is 0.250. The van der Waals surface area contributed by atoms with Gasteiger partial charge in [0.2, 0.25) is 0 Å². The topological polar surface area (TPSA) is 63.7 Å². The number of rotatable bonds is 5. The van der Waals surface area contributed by atoms with E-state index in [1.165, 1.54) is 35.4 Å². The summed E-state index contributed by atoms with van der Waals surface area (Å²) in [6.45, 7) is 0.413. The van der Waals surface area contributed by atoms with Gasteiger partial charge in [0.15, 0.2) is 12.4 Å². The van der Waals surface area contributed by atoms with Gasteiger partial charge in [0.25, 0.3) is 5.91 Å². The molecule has 34 heavy (non-hydrogen) atoms. The second-order valence-electron chi connectivity index (χ2n) is 8.83. The number of hydrogen-bond acceptors (Lipinski definition) is 4.